The van der Waals surface area contributed by atoms with Gasteiger partial charge in [-0.3, -0.25) is 0 Å². The van der Waals surface area contributed by atoms with Crippen LogP contribution in [0.15, 0.2) is 0 Å². The smallest absolute Gasteiger partial charge is 0.111 e. The number of hydrogen-bond acceptors (Lipinski definition) is 6. The van der Waals surface area contributed by atoms with E-state index >= 15 is 0 Å². The molecule has 0 unspecified atom stereocenters. The van der Waals surface area contributed by atoms with Crippen LogP contribution in [0.5, 0.6) is 0 Å². The Hall–Kier alpha value is -0.240. The first-order valence-electron chi connectivity index (χ1n) is 5.12. The fraction of sp³-hybridized carbons (Fsp3) is 1.00. The largest absolute Gasteiger partial charge is 0.394 e. The Balaban J connectivity index is 2.57. The summed E-state index contributed by atoms with van der Waals surface area (Å²) in [5.74, 6) is 0. The second kappa shape index (κ2) is 5.74. The number of ether oxygens (including phenoxy) is 1. The van der Waals surface area contributed by atoms with Crippen LogP contribution in [0.25, 0.3) is 0 Å². The van der Waals surface area contributed by atoms with E-state index in [0.717, 1.165) is 0 Å². The van der Waals surface area contributed by atoms with Crippen molar-refractivity contribution in [3.05, 3.63) is 0 Å². The molecule has 1 aliphatic rings. The van der Waals surface area contributed by atoms with Gasteiger partial charge in [0.05, 0.1) is 12.7 Å². The van der Waals surface area contributed by atoms with E-state index in [0.29, 0.717) is 19.4 Å². The predicted octanol–water partition coefficient (Wildman–Crippen LogP) is -2.43. The Labute approximate surface area is 88.3 Å². The van der Waals surface area contributed by atoms with Crippen LogP contribution >= 0.6 is 0 Å². The highest BCUT2D eigenvalue weighted by Crippen LogP contribution is 2.23. The molecule has 90 valence electrons. The normalized spacial score (nSPS) is 41.8. The molecule has 6 N–H and O–H groups in total. The molecular weight excluding hydrogens is 202 g/mol. The van der Waals surface area contributed by atoms with Gasteiger partial charge in [-0.05, 0) is 19.4 Å². The molecule has 15 heavy (non-hydrogen) atoms. The number of aliphatic hydroxyl groups excluding tert-OH is 4. The number of rotatable bonds is 4. The van der Waals surface area contributed by atoms with Crippen molar-refractivity contribution < 1.29 is 25.2 Å². The zero-order valence-electron chi connectivity index (χ0n) is 8.49. The lowest BCUT2D eigenvalue weighted by Gasteiger charge is -2.40. The molecule has 6 heteroatoms. The summed E-state index contributed by atoms with van der Waals surface area (Å²) in [7, 11) is 0. The van der Waals surface area contributed by atoms with Gasteiger partial charge >= 0.3 is 0 Å². The van der Waals surface area contributed by atoms with Crippen molar-refractivity contribution in [3.8, 4) is 0 Å². The van der Waals surface area contributed by atoms with Crippen molar-refractivity contribution in [1.82, 2.24) is 0 Å². The van der Waals surface area contributed by atoms with E-state index in [4.69, 9.17) is 15.6 Å². The fourth-order valence-corrected chi connectivity index (χ4v) is 1.74. The van der Waals surface area contributed by atoms with E-state index in [2.05, 4.69) is 0 Å². The van der Waals surface area contributed by atoms with E-state index in [-0.39, 0.29) is 6.61 Å². The molecule has 1 fully saturated rings. The van der Waals surface area contributed by atoms with Crippen LogP contribution in [0.4, 0.5) is 0 Å². The van der Waals surface area contributed by atoms with Crippen LogP contribution in [0.2, 0.25) is 0 Å². The number of nitrogens with two attached hydrogens (primary N) is 1. The Morgan fingerprint density at radius 1 is 1.00 bits per heavy atom. The van der Waals surface area contributed by atoms with E-state index in [1.54, 1.807) is 0 Å². The minimum Gasteiger partial charge on any atom is -0.394 e. The van der Waals surface area contributed by atoms with E-state index < -0.39 is 30.5 Å². The molecular formula is C9H19NO5. The Kier molecular flexibility index (Phi) is 4.91. The second-order valence-electron chi connectivity index (χ2n) is 3.80. The molecule has 0 amide bonds. The van der Waals surface area contributed by atoms with Gasteiger partial charge in [0.25, 0.3) is 0 Å². The fourth-order valence-electron chi connectivity index (χ4n) is 1.74. The molecule has 1 rings (SSSR count). The van der Waals surface area contributed by atoms with Crippen molar-refractivity contribution >= 4 is 0 Å². The molecule has 0 aromatic carbocycles. The van der Waals surface area contributed by atoms with Gasteiger partial charge in [-0.1, -0.05) is 0 Å². The van der Waals surface area contributed by atoms with Crippen LogP contribution in [-0.4, -0.2) is 64.1 Å². The monoisotopic (exact) mass is 221 g/mol. The third-order valence-corrected chi connectivity index (χ3v) is 2.68. The van der Waals surface area contributed by atoms with Crippen LogP contribution in [-0.2, 0) is 4.74 Å². The number of aliphatic hydroxyl groups is 4. The summed E-state index contributed by atoms with van der Waals surface area (Å²) in [6.45, 7) is 0.0824. The number of hydrogen-bond donors (Lipinski definition) is 5. The Morgan fingerprint density at radius 2 is 1.60 bits per heavy atom. The molecule has 0 spiro atoms. The van der Waals surface area contributed by atoms with Gasteiger partial charge in [-0.15, -0.1) is 0 Å². The summed E-state index contributed by atoms with van der Waals surface area (Å²) in [5, 5.41) is 37.4. The third-order valence-electron chi connectivity index (χ3n) is 2.68. The first-order chi connectivity index (χ1) is 7.11. The maximum Gasteiger partial charge on any atom is 0.111 e. The summed E-state index contributed by atoms with van der Waals surface area (Å²) in [5.41, 5.74) is 5.32. The minimum absolute atomic E-state index is 0.385. The van der Waals surface area contributed by atoms with Crippen LogP contribution in [0.1, 0.15) is 12.8 Å². The molecule has 0 bridgehead atoms. The van der Waals surface area contributed by atoms with E-state index in [1.807, 2.05) is 0 Å². The SMILES string of the molecule is NCCC[C@H]1O[C@H](CO)[C@@H](O)[C@H](O)[C@@H]1O. The molecule has 5 atom stereocenters. The molecule has 0 aromatic heterocycles. The average Bonchev–Trinajstić information content (AvgIpc) is 2.25. The zero-order chi connectivity index (χ0) is 11.4. The quantitative estimate of drug-likeness (QED) is 0.360. The lowest BCUT2D eigenvalue weighted by atomic mass is 9.93. The minimum atomic E-state index is -1.28. The highest BCUT2D eigenvalue weighted by Gasteiger charge is 2.42. The first kappa shape index (κ1) is 12.8. The van der Waals surface area contributed by atoms with Crippen molar-refractivity contribution in [1.29, 1.82) is 0 Å². The van der Waals surface area contributed by atoms with Crippen LogP contribution in [0, 0.1) is 0 Å². The van der Waals surface area contributed by atoms with E-state index in [9.17, 15) is 15.3 Å². The van der Waals surface area contributed by atoms with Crippen molar-refractivity contribution in [2.75, 3.05) is 13.2 Å². The van der Waals surface area contributed by atoms with Gasteiger partial charge in [0, 0.05) is 0 Å². The predicted molar refractivity (Wildman–Crippen MR) is 52.1 cm³/mol. The van der Waals surface area contributed by atoms with Gasteiger partial charge in [0.15, 0.2) is 0 Å². The third kappa shape index (κ3) is 2.87. The molecule has 1 heterocycles. The van der Waals surface area contributed by atoms with Gasteiger partial charge in [-0.25, -0.2) is 0 Å². The van der Waals surface area contributed by atoms with Gasteiger partial charge in [0.1, 0.15) is 24.4 Å². The summed E-state index contributed by atoms with van der Waals surface area (Å²) >= 11 is 0. The first-order valence-corrected chi connectivity index (χ1v) is 5.12. The molecule has 1 saturated heterocycles. The van der Waals surface area contributed by atoms with Crippen molar-refractivity contribution in [3.63, 3.8) is 0 Å². The Morgan fingerprint density at radius 3 is 2.13 bits per heavy atom. The maximum atomic E-state index is 9.59. The second-order valence-corrected chi connectivity index (χ2v) is 3.80. The molecule has 6 nitrogen and oxygen atoms in total. The molecule has 0 aromatic rings. The zero-order valence-corrected chi connectivity index (χ0v) is 8.49. The highest BCUT2D eigenvalue weighted by molar-refractivity contribution is 4.91. The lowest BCUT2D eigenvalue weighted by molar-refractivity contribution is -0.230. The van der Waals surface area contributed by atoms with Crippen LogP contribution < -0.4 is 5.73 Å². The molecule has 0 saturated carbocycles. The lowest BCUT2D eigenvalue weighted by Crippen LogP contribution is -2.58. The van der Waals surface area contributed by atoms with Crippen molar-refractivity contribution in [2.45, 2.75) is 43.4 Å². The molecule has 0 aliphatic carbocycles. The molecule has 1 aliphatic heterocycles. The van der Waals surface area contributed by atoms with Gasteiger partial charge in [-0.2, -0.15) is 0 Å². The molecule has 0 radical (unpaired) electrons. The maximum absolute atomic E-state index is 9.59. The standard InChI is InChI=1S/C9H19NO5/c10-3-1-2-5-7(12)9(14)8(13)6(4-11)15-5/h5-9,11-14H,1-4,10H2/t5-,6-,7-,8-,9-/m1/s1. The van der Waals surface area contributed by atoms with Crippen LogP contribution in [0.3, 0.4) is 0 Å². The highest BCUT2D eigenvalue weighted by atomic mass is 16.5. The van der Waals surface area contributed by atoms with E-state index in [1.165, 1.54) is 0 Å². The van der Waals surface area contributed by atoms with Gasteiger partial charge in [0.2, 0.25) is 0 Å². The topological polar surface area (TPSA) is 116 Å². The van der Waals surface area contributed by atoms with Gasteiger partial charge < -0.3 is 30.9 Å². The summed E-state index contributed by atoms with van der Waals surface area (Å²) in [6.07, 6.45) is -3.93. The summed E-state index contributed by atoms with van der Waals surface area (Å²) in [6, 6.07) is 0. The summed E-state index contributed by atoms with van der Waals surface area (Å²) in [4.78, 5) is 0. The Bertz CT molecular complexity index is 189. The average molecular weight is 221 g/mol. The summed E-state index contributed by atoms with van der Waals surface area (Å²) < 4.78 is 5.27. The van der Waals surface area contributed by atoms with Crippen molar-refractivity contribution in [2.24, 2.45) is 5.73 Å².